The second-order valence-electron chi connectivity index (χ2n) is 4.20. The summed E-state index contributed by atoms with van der Waals surface area (Å²) < 4.78 is 17.7. The van der Waals surface area contributed by atoms with Gasteiger partial charge in [-0.25, -0.2) is 4.39 Å². The van der Waals surface area contributed by atoms with Crippen molar-refractivity contribution in [3.05, 3.63) is 35.6 Å². The lowest BCUT2D eigenvalue weighted by atomic mass is 9.87. The summed E-state index contributed by atoms with van der Waals surface area (Å²) in [5.41, 5.74) is -0.490. The van der Waals surface area contributed by atoms with Crippen molar-refractivity contribution in [2.75, 3.05) is 6.61 Å². The van der Waals surface area contributed by atoms with Crippen molar-refractivity contribution in [2.24, 2.45) is 0 Å². The number of esters is 1. The molecule has 18 heavy (non-hydrogen) atoms. The molecule has 0 spiro atoms. The summed E-state index contributed by atoms with van der Waals surface area (Å²) in [4.78, 5) is 11.3. The largest absolute Gasteiger partial charge is 0.466 e. The normalized spacial score (nSPS) is 14.0. The van der Waals surface area contributed by atoms with Gasteiger partial charge in [0, 0.05) is 6.42 Å². The molecule has 0 amide bonds. The van der Waals surface area contributed by atoms with Gasteiger partial charge in [0.05, 0.1) is 12.2 Å². The van der Waals surface area contributed by atoms with Crippen LogP contribution in [0.1, 0.15) is 38.7 Å². The van der Waals surface area contributed by atoms with E-state index in [2.05, 4.69) is 0 Å². The Kier molecular flexibility index (Phi) is 5.28. The number of hydrogen-bond acceptors (Lipinski definition) is 3. The Labute approximate surface area is 107 Å². The summed E-state index contributed by atoms with van der Waals surface area (Å²) in [5, 5.41) is 10.5. The molecule has 1 atom stereocenters. The molecular weight excluding hydrogens is 235 g/mol. The third kappa shape index (κ3) is 3.81. The van der Waals surface area contributed by atoms with E-state index >= 15 is 0 Å². The number of halogens is 1. The Hall–Kier alpha value is -1.42. The lowest BCUT2D eigenvalue weighted by molar-refractivity contribution is -0.144. The van der Waals surface area contributed by atoms with E-state index in [0.29, 0.717) is 18.6 Å². The third-order valence-electron chi connectivity index (χ3n) is 3.01. The van der Waals surface area contributed by atoms with E-state index in [-0.39, 0.29) is 24.6 Å². The first kappa shape index (κ1) is 14.6. The van der Waals surface area contributed by atoms with E-state index < -0.39 is 5.60 Å². The average molecular weight is 254 g/mol. The van der Waals surface area contributed by atoms with Crippen LogP contribution in [0.5, 0.6) is 0 Å². The number of ether oxygens (including phenoxy) is 1. The van der Waals surface area contributed by atoms with Gasteiger partial charge in [0.25, 0.3) is 0 Å². The van der Waals surface area contributed by atoms with Gasteiger partial charge in [0.2, 0.25) is 0 Å². The molecule has 0 aliphatic carbocycles. The fourth-order valence-corrected chi connectivity index (χ4v) is 1.83. The van der Waals surface area contributed by atoms with Gasteiger partial charge >= 0.3 is 5.97 Å². The number of rotatable bonds is 6. The summed E-state index contributed by atoms with van der Waals surface area (Å²) >= 11 is 0. The highest BCUT2D eigenvalue weighted by molar-refractivity contribution is 5.69. The van der Waals surface area contributed by atoms with Crippen molar-refractivity contribution in [3.8, 4) is 0 Å². The van der Waals surface area contributed by atoms with E-state index in [1.807, 2.05) is 6.92 Å². The molecule has 0 aliphatic heterocycles. The first-order chi connectivity index (χ1) is 8.51. The third-order valence-corrected chi connectivity index (χ3v) is 3.01. The van der Waals surface area contributed by atoms with Crippen molar-refractivity contribution >= 4 is 5.97 Å². The molecule has 0 heterocycles. The summed E-state index contributed by atoms with van der Waals surface area (Å²) in [7, 11) is 0. The zero-order valence-corrected chi connectivity index (χ0v) is 10.8. The van der Waals surface area contributed by atoms with Gasteiger partial charge in [-0.3, -0.25) is 4.79 Å². The Balaban J connectivity index is 2.73. The van der Waals surface area contributed by atoms with Gasteiger partial charge in [0.15, 0.2) is 0 Å². The van der Waals surface area contributed by atoms with Gasteiger partial charge in [-0.2, -0.15) is 0 Å². The molecule has 0 aromatic heterocycles. The van der Waals surface area contributed by atoms with E-state index in [9.17, 15) is 14.3 Å². The first-order valence-corrected chi connectivity index (χ1v) is 6.16. The van der Waals surface area contributed by atoms with E-state index in [1.165, 1.54) is 12.1 Å². The summed E-state index contributed by atoms with van der Waals surface area (Å²) in [6.45, 7) is 3.90. The second kappa shape index (κ2) is 6.50. The van der Waals surface area contributed by atoms with Crippen molar-refractivity contribution in [3.63, 3.8) is 0 Å². The van der Waals surface area contributed by atoms with Crippen LogP contribution in [0.4, 0.5) is 4.39 Å². The average Bonchev–Trinajstić information content (AvgIpc) is 2.37. The lowest BCUT2D eigenvalue weighted by Crippen LogP contribution is -2.26. The molecule has 0 radical (unpaired) electrons. The fraction of sp³-hybridized carbons (Fsp3) is 0.500. The molecule has 100 valence electrons. The first-order valence-electron chi connectivity index (χ1n) is 6.16. The maximum Gasteiger partial charge on any atom is 0.305 e. The molecule has 1 N–H and O–H groups in total. The van der Waals surface area contributed by atoms with Crippen LogP contribution in [0.15, 0.2) is 24.3 Å². The van der Waals surface area contributed by atoms with E-state index in [4.69, 9.17) is 4.74 Å². The molecule has 3 nitrogen and oxygen atoms in total. The molecule has 4 heteroatoms. The van der Waals surface area contributed by atoms with Gasteiger partial charge < -0.3 is 9.84 Å². The van der Waals surface area contributed by atoms with Gasteiger partial charge in [-0.05, 0) is 37.5 Å². The highest BCUT2D eigenvalue weighted by atomic mass is 19.1. The fourth-order valence-electron chi connectivity index (χ4n) is 1.83. The molecule has 1 aromatic rings. The quantitative estimate of drug-likeness (QED) is 0.794. The van der Waals surface area contributed by atoms with Crippen LogP contribution in [0.3, 0.4) is 0 Å². The number of aliphatic hydroxyl groups is 1. The summed E-state index contributed by atoms with van der Waals surface area (Å²) in [6, 6.07) is 5.70. The Morgan fingerprint density at radius 3 is 2.44 bits per heavy atom. The van der Waals surface area contributed by atoms with Crippen LogP contribution in [-0.4, -0.2) is 17.7 Å². The molecule has 1 rings (SSSR count). The highest BCUT2D eigenvalue weighted by Gasteiger charge is 2.28. The van der Waals surface area contributed by atoms with Gasteiger partial charge in [-0.1, -0.05) is 19.1 Å². The van der Waals surface area contributed by atoms with Crippen LogP contribution < -0.4 is 0 Å². The van der Waals surface area contributed by atoms with Gasteiger partial charge in [0.1, 0.15) is 5.82 Å². The number of carbonyl (C=O) groups is 1. The van der Waals surface area contributed by atoms with Crippen LogP contribution in [0.2, 0.25) is 0 Å². The monoisotopic (exact) mass is 254 g/mol. The maximum atomic E-state index is 12.8. The minimum absolute atomic E-state index is 0.148. The zero-order chi connectivity index (χ0) is 13.6. The number of hydrogen-bond donors (Lipinski definition) is 1. The van der Waals surface area contributed by atoms with Crippen molar-refractivity contribution in [2.45, 2.75) is 38.7 Å². The molecule has 0 saturated carbocycles. The van der Waals surface area contributed by atoms with Crippen molar-refractivity contribution in [1.82, 2.24) is 0 Å². The standard InChI is InChI=1S/C14H19FO3/c1-3-14(17,10-9-13(16)18-4-2)11-5-7-12(15)8-6-11/h5-8,17H,3-4,9-10H2,1-2H3. The molecule has 0 saturated heterocycles. The van der Waals surface area contributed by atoms with E-state index in [1.54, 1.807) is 19.1 Å². The molecule has 1 unspecified atom stereocenters. The zero-order valence-electron chi connectivity index (χ0n) is 10.8. The number of carbonyl (C=O) groups excluding carboxylic acids is 1. The minimum atomic E-state index is -1.11. The topological polar surface area (TPSA) is 46.5 Å². The molecule has 1 aromatic carbocycles. The van der Waals surface area contributed by atoms with Gasteiger partial charge in [-0.15, -0.1) is 0 Å². The Morgan fingerprint density at radius 1 is 1.33 bits per heavy atom. The highest BCUT2D eigenvalue weighted by Crippen LogP contribution is 2.30. The summed E-state index contributed by atoms with van der Waals surface area (Å²) in [6.07, 6.45) is 0.877. The molecule has 0 fully saturated rings. The Bertz CT molecular complexity index is 389. The molecule has 0 aliphatic rings. The number of benzene rings is 1. The summed E-state index contributed by atoms with van der Waals surface area (Å²) in [5.74, 6) is -0.672. The van der Waals surface area contributed by atoms with Crippen LogP contribution >= 0.6 is 0 Å². The lowest BCUT2D eigenvalue weighted by Gasteiger charge is -2.27. The minimum Gasteiger partial charge on any atom is -0.466 e. The van der Waals surface area contributed by atoms with Crippen LogP contribution in [0, 0.1) is 5.82 Å². The van der Waals surface area contributed by atoms with Crippen LogP contribution in [0.25, 0.3) is 0 Å². The SMILES string of the molecule is CCOC(=O)CCC(O)(CC)c1ccc(F)cc1. The van der Waals surface area contributed by atoms with E-state index in [0.717, 1.165) is 0 Å². The predicted molar refractivity (Wildman–Crippen MR) is 66.5 cm³/mol. The maximum absolute atomic E-state index is 12.8. The second-order valence-corrected chi connectivity index (χ2v) is 4.20. The van der Waals surface area contributed by atoms with Crippen molar-refractivity contribution in [1.29, 1.82) is 0 Å². The smallest absolute Gasteiger partial charge is 0.305 e. The predicted octanol–water partition coefficient (Wildman–Crippen LogP) is 2.77. The van der Waals surface area contributed by atoms with Crippen molar-refractivity contribution < 1.29 is 19.0 Å². The Morgan fingerprint density at radius 2 is 1.94 bits per heavy atom. The van der Waals surface area contributed by atoms with Crippen LogP contribution in [-0.2, 0) is 15.1 Å². The molecule has 0 bridgehead atoms. The molecular formula is C14H19FO3.